The number of aryl methyl sites for hydroxylation is 2. The van der Waals surface area contributed by atoms with E-state index >= 15 is 0 Å². The molecule has 1 aliphatic rings. The van der Waals surface area contributed by atoms with Crippen LogP contribution in [0.4, 0.5) is 5.69 Å². The van der Waals surface area contributed by atoms with E-state index in [9.17, 15) is 4.79 Å². The van der Waals surface area contributed by atoms with Gasteiger partial charge in [-0.3, -0.25) is 4.79 Å². The van der Waals surface area contributed by atoms with Crippen LogP contribution in [-0.4, -0.2) is 24.2 Å². The maximum atomic E-state index is 11.8. The third-order valence-corrected chi connectivity index (χ3v) is 3.62. The van der Waals surface area contributed by atoms with Crippen molar-refractivity contribution in [1.82, 2.24) is 0 Å². The molecule has 1 aromatic carbocycles. The molecule has 4 heteroatoms. The fourth-order valence-corrected chi connectivity index (χ4v) is 2.43. The normalized spacial score (nSPS) is 20.1. The summed E-state index contributed by atoms with van der Waals surface area (Å²) in [6.45, 7) is 4.59. The maximum absolute atomic E-state index is 11.8. The van der Waals surface area contributed by atoms with Gasteiger partial charge in [0, 0.05) is 25.5 Å². The molecule has 0 bridgehead atoms. The van der Waals surface area contributed by atoms with Crippen LogP contribution >= 0.6 is 11.6 Å². The Morgan fingerprint density at radius 1 is 1.41 bits per heavy atom. The van der Waals surface area contributed by atoms with Gasteiger partial charge in [0.05, 0.1) is 10.7 Å². The first kappa shape index (κ1) is 12.4. The third-order valence-electron chi connectivity index (χ3n) is 3.32. The second-order valence-electron chi connectivity index (χ2n) is 4.64. The minimum atomic E-state index is 0.0279. The second kappa shape index (κ2) is 4.67. The van der Waals surface area contributed by atoms with Crippen molar-refractivity contribution in [2.75, 3.05) is 18.1 Å². The van der Waals surface area contributed by atoms with Crippen molar-refractivity contribution in [2.24, 2.45) is 5.92 Å². The molecule has 1 atom stereocenters. The minimum absolute atomic E-state index is 0.0279. The standard InChI is InChI=1S/C13H16ClNO2/c1-8-3-11(14)12(4-9(8)2)15-6-10(7-16)5-13(15)17/h3-4,10,16H,5-7H2,1-2H3. The molecule has 0 aromatic heterocycles. The number of amides is 1. The molecule has 1 N–H and O–H groups in total. The van der Waals surface area contributed by atoms with Gasteiger partial charge in [-0.1, -0.05) is 11.6 Å². The zero-order valence-electron chi connectivity index (χ0n) is 10.0. The topological polar surface area (TPSA) is 40.5 Å². The van der Waals surface area contributed by atoms with Crippen LogP contribution in [0.25, 0.3) is 0 Å². The number of carbonyl (C=O) groups excluding carboxylic acids is 1. The van der Waals surface area contributed by atoms with E-state index in [0.717, 1.165) is 16.8 Å². The highest BCUT2D eigenvalue weighted by Gasteiger charge is 2.31. The average molecular weight is 254 g/mol. The summed E-state index contributed by atoms with van der Waals surface area (Å²) < 4.78 is 0. The molecule has 0 saturated carbocycles. The largest absolute Gasteiger partial charge is 0.396 e. The van der Waals surface area contributed by atoms with E-state index < -0.39 is 0 Å². The Kier molecular flexibility index (Phi) is 3.40. The predicted molar refractivity (Wildman–Crippen MR) is 68.5 cm³/mol. The Morgan fingerprint density at radius 2 is 2.06 bits per heavy atom. The van der Waals surface area contributed by atoms with Gasteiger partial charge in [0.15, 0.2) is 0 Å². The van der Waals surface area contributed by atoms with Gasteiger partial charge < -0.3 is 10.0 Å². The highest BCUT2D eigenvalue weighted by atomic mass is 35.5. The number of aliphatic hydroxyl groups excluding tert-OH is 1. The van der Waals surface area contributed by atoms with Crippen LogP contribution in [0.1, 0.15) is 17.5 Å². The molecule has 1 saturated heterocycles. The van der Waals surface area contributed by atoms with Gasteiger partial charge in [-0.25, -0.2) is 0 Å². The van der Waals surface area contributed by atoms with Gasteiger partial charge in [0.25, 0.3) is 0 Å². The van der Waals surface area contributed by atoms with Crippen molar-refractivity contribution >= 4 is 23.2 Å². The lowest BCUT2D eigenvalue weighted by atomic mass is 10.1. The van der Waals surface area contributed by atoms with E-state index in [-0.39, 0.29) is 18.4 Å². The molecule has 3 nitrogen and oxygen atoms in total. The molecule has 17 heavy (non-hydrogen) atoms. The Balaban J connectivity index is 2.35. The quantitative estimate of drug-likeness (QED) is 0.879. The summed E-state index contributed by atoms with van der Waals surface area (Å²) >= 11 is 6.18. The number of nitrogens with zero attached hydrogens (tertiary/aromatic N) is 1. The summed E-state index contributed by atoms with van der Waals surface area (Å²) in [6.07, 6.45) is 0.403. The molecule has 1 heterocycles. The van der Waals surface area contributed by atoms with Gasteiger partial charge >= 0.3 is 0 Å². The van der Waals surface area contributed by atoms with Crippen LogP contribution in [0.5, 0.6) is 0 Å². The molecule has 2 rings (SSSR count). The molecular weight excluding hydrogens is 238 g/mol. The molecule has 1 fully saturated rings. The first-order valence-electron chi connectivity index (χ1n) is 5.71. The SMILES string of the molecule is Cc1cc(Cl)c(N2CC(CO)CC2=O)cc1C. The van der Waals surface area contributed by atoms with Gasteiger partial charge in [0.1, 0.15) is 0 Å². The minimum Gasteiger partial charge on any atom is -0.396 e. The lowest BCUT2D eigenvalue weighted by Gasteiger charge is -2.19. The lowest BCUT2D eigenvalue weighted by Crippen LogP contribution is -2.25. The number of halogens is 1. The van der Waals surface area contributed by atoms with Crippen molar-refractivity contribution in [3.8, 4) is 0 Å². The van der Waals surface area contributed by atoms with Crippen LogP contribution in [0.3, 0.4) is 0 Å². The number of rotatable bonds is 2. The fraction of sp³-hybridized carbons (Fsp3) is 0.462. The molecular formula is C13H16ClNO2. The number of anilines is 1. The van der Waals surface area contributed by atoms with Crippen molar-refractivity contribution < 1.29 is 9.90 Å². The van der Waals surface area contributed by atoms with Crippen LogP contribution in [0.2, 0.25) is 5.02 Å². The summed E-state index contributed by atoms with van der Waals surface area (Å²) in [5.41, 5.74) is 2.99. The Morgan fingerprint density at radius 3 is 2.65 bits per heavy atom. The molecule has 1 aromatic rings. The van der Waals surface area contributed by atoms with Crippen LogP contribution < -0.4 is 4.90 Å². The number of hydrogen-bond acceptors (Lipinski definition) is 2. The smallest absolute Gasteiger partial charge is 0.227 e. The van der Waals surface area contributed by atoms with Crippen molar-refractivity contribution in [1.29, 1.82) is 0 Å². The highest BCUT2D eigenvalue weighted by molar-refractivity contribution is 6.34. The van der Waals surface area contributed by atoms with Gasteiger partial charge in [-0.05, 0) is 37.1 Å². The molecule has 0 aliphatic carbocycles. The second-order valence-corrected chi connectivity index (χ2v) is 5.05. The first-order chi connectivity index (χ1) is 8.02. The molecule has 1 aliphatic heterocycles. The average Bonchev–Trinajstić information content (AvgIpc) is 2.65. The first-order valence-corrected chi connectivity index (χ1v) is 6.08. The Bertz CT molecular complexity index is 459. The molecule has 0 spiro atoms. The number of aliphatic hydroxyl groups is 1. The Hall–Kier alpha value is -1.06. The van der Waals surface area contributed by atoms with E-state index in [4.69, 9.17) is 16.7 Å². The number of benzene rings is 1. The summed E-state index contributed by atoms with van der Waals surface area (Å²) in [7, 11) is 0. The van der Waals surface area contributed by atoms with E-state index in [0.29, 0.717) is 18.0 Å². The predicted octanol–water partition coefficient (Wildman–Crippen LogP) is 2.30. The zero-order valence-corrected chi connectivity index (χ0v) is 10.8. The van der Waals surface area contributed by atoms with Crippen molar-refractivity contribution in [2.45, 2.75) is 20.3 Å². The van der Waals surface area contributed by atoms with Gasteiger partial charge in [0.2, 0.25) is 5.91 Å². The summed E-state index contributed by atoms with van der Waals surface area (Å²) in [4.78, 5) is 13.5. The van der Waals surface area contributed by atoms with Crippen molar-refractivity contribution in [3.63, 3.8) is 0 Å². The van der Waals surface area contributed by atoms with Crippen molar-refractivity contribution in [3.05, 3.63) is 28.3 Å². The zero-order chi connectivity index (χ0) is 12.6. The van der Waals surface area contributed by atoms with Crippen LogP contribution in [0.15, 0.2) is 12.1 Å². The molecule has 92 valence electrons. The van der Waals surface area contributed by atoms with E-state index in [1.165, 1.54) is 0 Å². The van der Waals surface area contributed by atoms with Gasteiger partial charge in [-0.2, -0.15) is 0 Å². The van der Waals surface area contributed by atoms with E-state index in [1.54, 1.807) is 4.90 Å². The molecule has 0 radical (unpaired) electrons. The maximum Gasteiger partial charge on any atom is 0.227 e. The lowest BCUT2D eigenvalue weighted by molar-refractivity contribution is -0.117. The summed E-state index contributed by atoms with van der Waals surface area (Å²) in [6, 6.07) is 3.82. The third kappa shape index (κ3) is 2.31. The monoisotopic (exact) mass is 253 g/mol. The number of hydrogen-bond donors (Lipinski definition) is 1. The fourth-order valence-electron chi connectivity index (χ4n) is 2.11. The molecule has 1 amide bonds. The van der Waals surface area contributed by atoms with Crippen LogP contribution in [0, 0.1) is 19.8 Å². The van der Waals surface area contributed by atoms with E-state index in [1.807, 2.05) is 26.0 Å². The summed E-state index contributed by atoms with van der Waals surface area (Å²) in [5.74, 6) is 0.0642. The van der Waals surface area contributed by atoms with Gasteiger partial charge in [-0.15, -0.1) is 0 Å². The van der Waals surface area contributed by atoms with E-state index in [2.05, 4.69) is 0 Å². The highest BCUT2D eigenvalue weighted by Crippen LogP contribution is 2.33. The molecule has 1 unspecified atom stereocenters. The number of carbonyl (C=O) groups is 1. The van der Waals surface area contributed by atoms with Crippen LogP contribution in [-0.2, 0) is 4.79 Å². The summed E-state index contributed by atoms with van der Waals surface area (Å²) in [5, 5.41) is 9.70. The Labute approximate surface area is 106 Å².